The highest BCUT2D eigenvalue weighted by Gasteiger charge is 2.11. The lowest BCUT2D eigenvalue weighted by molar-refractivity contribution is -0.147. The summed E-state index contributed by atoms with van der Waals surface area (Å²) in [4.78, 5) is 25.1. The van der Waals surface area contributed by atoms with E-state index in [1.807, 2.05) is 31.2 Å². The first-order valence-corrected chi connectivity index (χ1v) is 7.57. The summed E-state index contributed by atoms with van der Waals surface area (Å²) in [6, 6.07) is 7.61. The quantitative estimate of drug-likeness (QED) is 0.812. The number of rotatable bonds is 6. The standard InChI is InChI=1S/C16H22N2O4/c1-2-3-16(20)22-12-15(19)17-13-4-6-14(7-5-13)18-8-10-21-11-9-18/h4-7H,2-3,8-12H2,1H3,(H,17,19). The molecule has 1 fully saturated rings. The Morgan fingerprint density at radius 3 is 2.55 bits per heavy atom. The van der Waals surface area contributed by atoms with E-state index < -0.39 is 0 Å². The first kappa shape index (κ1) is 16.3. The summed E-state index contributed by atoms with van der Waals surface area (Å²) in [5, 5.41) is 2.71. The third-order valence-corrected chi connectivity index (χ3v) is 3.35. The Morgan fingerprint density at radius 1 is 1.23 bits per heavy atom. The van der Waals surface area contributed by atoms with E-state index in [1.54, 1.807) is 0 Å². The molecule has 1 aromatic rings. The van der Waals surface area contributed by atoms with Gasteiger partial charge >= 0.3 is 5.97 Å². The van der Waals surface area contributed by atoms with Gasteiger partial charge in [0.2, 0.25) is 0 Å². The number of ether oxygens (including phenoxy) is 2. The molecule has 1 N–H and O–H groups in total. The van der Waals surface area contributed by atoms with Gasteiger partial charge in [0.05, 0.1) is 13.2 Å². The topological polar surface area (TPSA) is 67.9 Å². The molecule has 0 atom stereocenters. The van der Waals surface area contributed by atoms with Crippen LogP contribution in [0.3, 0.4) is 0 Å². The van der Waals surface area contributed by atoms with Gasteiger partial charge in [0.15, 0.2) is 6.61 Å². The predicted molar refractivity (Wildman–Crippen MR) is 84.0 cm³/mol. The minimum atomic E-state index is -0.347. The Kier molecular flexibility index (Phi) is 6.21. The molecular weight excluding hydrogens is 284 g/mol. The smallest absolute Gasteiger partial charge is 0.306 e. The maximum Gasteiger partial charge on any atom is 0.306 e. The number of nitrogens with zero attached hydrogens (tertiary/aromatic N) is 1. The minimum Gasteiger partial charge on any atom is -0.456 e. The average Bonchev–Trinajstić information content (AvgIpc) is 2.55. The van der Waals surface area contributed by atoms with Gasteiger partial charge in [-0.2, -0.15) is 0 Å². The van der Waals surface area contributed by atoms with Gasteiger partial charge < -0.3 is 19.7 Å². The molecule has 22 heavy (non-hydrogen) atoms. The molecule has 1 amide bonds. The maximum absolute atomic E-state index is 11.7. The number of carbonyl (C=O) groups is 2. The molecule has 1 aliphatic heterocycles. The van der Waals surface area contributed by atoms with Crippen LogP contribution in [0.4, 0.5) is 11.4 Å². The molecule has 0 aliphatic carbocycles. The van der Waals surface area contributed by atoms with Gasteiger partial charge in [-0.3, -0.25) is 9.59 Å². The second-order valence-electron chi connectivity index (χ2n) is 5.11. The summed E-state index contributed by atoms with van der Waals surface area (Å²) in [7, 11) is 0. The number of nitrogens with one attached hydrogen (secondary N) is 1. The van der Waals surface area contributed by atoms with Crippen molar-refractivity contribution < 1.29 is 19.1 Å². The second kappa shape index (κ2) is 8.38. The molecule has 1 saturated heterocycles. The maximum atomic E-state index is 11.7. The number of esters is 1. The van der Waals surface area contributed by atoms with Crippen LogP contribution in [0.2, 0.25) is 0 Å². The zero-order valence-corrected chi connectivity index (χ0v) is 12.8. The van der Waals surface area contributed by atoms with Gasteiger partial charge in [-0.05, 0) is 30.7 Å². The van der Waals surface area contributed by atoms with Crippen LogP contribution in [0.5, 0.6) is 0 Å². The van der Waals surface area contributed by atoms with Crippen molar-refractivity contribution in [1.29, 1.82) is 0 Å². The van der Waals surface area contributed by atoms with Gasteiger partial charge in [0, 0.05) is 30.9 Å². The van der Waals surface area contributed by atoms with Crippen molar-refractivity contribution in [2.75, 3.05) is 43.1 Å². The Hall–Kier alpha value is -2.08. The van der Waals surface area contributed by atoms with E-state index >= 15 is 0 Å². The zero-order chi connectivity index (χ0) is 15.8. The van der Waals surface area contributed by atoms with Crippen molar-refractivity contribution in [3.05, 3.63) is 24.3 Å². The molecular formula is C16H22N2O4. The van der Waals surface area contributed by atoms with Crippen molar-refractivity contribution in [2.45, 2.75) is 19.8 Å². The largest absolute Gasteiger partial charge is 0.456 e. The fourth-order valence-electron chi connectivity index (χ4n) is 2.20. The number of hydrogen-bond acceptors (Lipinski definition) is 5. The van der Waals surface area contributed by atoms with Crippen LogP contribution in [-0.2, 0) is 19.1 Å². The van der Waals surface area contributed by atoms with Crippen molar-refractivity contribution in [1.82, 2.24) is 0 Å². The Morgan fingerprint density at radius 2 is 1.91 bits per heavy atom. The molecule has 6 nitrogen and oxygen atoms in total. The number of benzene rings is 1. The number of morpholine rings is 1. The Bertz CT molecular complexity index is 495. The van der Waals surface area contributed by atoms with Crippen LogP contribution in [0.25, 0.3) is 0 Å². The van der Waals surface area contributed by atoms with Crippen LogP contribution in [0.15, 0.2) is 24.3 Å². The molecule has 1 aliphatic rings. The number of carbonyl (C=O) groups excluding carboxylic acids is 2. The van der Waals surface area contributed by atoms with Crippen LogP contribution < -0.4 is 10.2 Å². The number of amides is 1. The monoisotopic (exact) mass is 306 g/mol. The van der Waals surface area contributed by atoms with E-state index in [0.29, 0.717) is 18.5 Å². The van der Waals surface area contributed by atoms with E-state index in [0.717, 1.165) is 32.0 Å². The molecule has 0 unspecified atom stereocenters. The highest BCUT2D eigenvalue weighted by Crippen LogP contribution is 2.18. The Labute approximate surface area is 130 Å². The fourth-order valence-corrected chi connectivity index (χ4v) is 2.20. The first-order valence-electron chi connectivity index (χ1n) is 7.57. The molecule has 0 saturated carbocycles. The summed E-state index contributed by atoms with van der Waals surface area (Å²) in [6.07, 6.45) is 1.05. The summed E-state index contributed by atoms with van der Waals surface area (Å²) >= 11 is 0. The summed E-state index contributed by atoms with van der Waals surface area (Å²) in [6.45, 7) is 4.86. The molecule has 0 bridgehead atoms. The molecule has 6 heteroatoms. The van der Waals surface area contributed by atoms with E-state index in [2.05, 4.69) is 10.2 Å². The van der Waals surface area contributed by atoms with Crippen molar-refractivity contribution in [3.63, 3.8) is 0 Å². The lowest BCUT2D eigenvalue weighted by Gasteiger charge is -2.28. The highest BCUT2D eigenvalue weighted by atomic mass is 16.5. The molecule has 0 radical (unpaired) electrons. The second-order valence-corrected chi connectivity index (χ2v) is 5.11. The average molecular weight is 306 g/mol. The molecule has 0 spiro atoms. The number of anilines is 2. The normalized spacial score (nSPS) is 14.5. The van der Waals surface area contributed by atoms with Gasteiger partial charge in [0.25, 0.3) is 5.91 Å². The SMILES string of the molecule is CCCC(=O)OCC(=O)Nc1ccc(N2CCOCC2)cc1. The lowest BCUT2D eigenvalue weighted by atomic mass is 10.2. The van der Waals surface area contributed by atoms with Gasteiger partial charge in [-0.15, -0.1) is 0 Å². The Balaban J connectivity index is 1.80. The predicted octanol–water partition coefficient (Wildman–Crippen LogP) is 1.80. The van der Waals surface area contributed by atoms with Gasteiger partial charge in [-0.1, -0.05) is 6.92 Å². The van der Waals surface area contributed by atoms with Crippen molar-refractivity contribution >= 4 is 23.3 Å². The third kappa shape index (κ3) is 5.04. The van der Waals surface area contributed by atoms with Crippen LogP contribution in [0, 0.1) is 0 Å². The molecule has 2 rings (SSSR count). The minimum absolute atomic E-state index is 0.246. The van der Waals surface area contributed by atoms with Gasteiger partial charge in [0.1, 0.15) is 0 Å². The fraction of sp³-hybridized carbons (Fsp3) is 0.500. The van der Waals surface area contributed by atoms with E-state index in [1.165, 1.54) is 0 Å². The molecule has 1 heterocycles. The molecule has 1 aromatic carbocycles. The van der Waals surface area contributed by atoms with Crippen molar-refractivity contribution in [3.8, 4) is 0 Å². The summed E-state index contributed by atoms with van der Waals surface area (Å²) < 4.78 is 10.2. The summed E-state index contributed by atoms with van der Waals surface area (Å²) in [5.41, 5.74) is 1.80. The lowest BCUT2D eigenvalue weighted by Crippen LogP contribution is -2.36. The van der Waals surface area contributed by atoms with Crippen molar-refractivity contribution in [2.24, 2.45) is 0 Å². The highest BCUT2D eigenvalue weighted by molar-refractivity contribution is 5.92. The summed E-state index contributed by atoms with van der Waals surface area (Å²) in [5.74, 6) is -0.677. The zero-order valence-electron chi connectivity index (χ0n) is 12.8. The third-order valence-electron chi connectivity index (χ3n) is 3.35. The molecule has 0 aromatic heterocycles. The van der Waals surface area contributed by atoms with Crippen LogP contribution in [-0.4, -0.2) is 44.8 Å². The molecule has 120 valence electrons. The number of hydrogen-bond donors (Lipinski definition) is 1. The van der Waals surface area contributed by atoms with E-state index in [4.69, 9.17) is 9.47 Å². The first-order chi connectivity index (χ1) is 10.7. The van der Waals surface area contributed by atoms with E-state index in [9.17, 15) is 9.59 Å². The van der Waals surface area contributed by atoms with E-state index in [-0.39, 0.29) is 18.5 Å². The van der Waals surface area contributed by atoms with Crippen LogP contribution >= 0.6 is 0 Å². The van der Waals surface area contributed by atoms with Gasteiger partial charge in [-0.25, -0.2) is 0 Å². The van der Waals surface area contributed by atoms with Crippen LogP contribution in [0.1, 0.15) is 19.8 Å².